The zero-order valence-electron chi connectivity index (χ0n) is 9.02. The van der Waals surface area contributed by atoms with E-state index in [0.29, 0.717) is 16.1 Å². The molecule has 3 rings (SSSR count). The van der Waals surface area contributed by atoms with Crippen molar-refractivity contribution in [3.8, 4) is 5.69 Å². The zero-order valence-corrected chi connectivity index (χ0v) is 11.4. The lowest BCUT2D eigenvalue weighted by Crippen LogP contribution is -1.97. The monoisotopic (exact) mass is 323 g/mol. The molecule has 0 amide bonds. The molecule has 0 unspecified atom stereocenters. The van der Waals surface area contributed by atoms with E-state index in [0.717, 1.165) is 9.99 Å². The molecule has 0 aliphatic carbocycles. The van der Waals surface area contributed by atoms with Crippen molar-refractivity contribution in [3.05, 3.63) is 51.6 Å². The SMILES string of the molecule is Fc1ccc(Br)c(-n2c(=S)[nH]c3cccnc32)c1. The van der Waals surface area contributed by atoms with Crippen LogP contribution in [-0.2, 0) is 0 Å². The van der Waals surface area contributed by atoms with Gasteiger partial charge in [0.05, 0.1) is 11.2 Å². The van der Waals surface area contributed by atoms with Gasteiger partial charge in [0.1, 0.15) is 5.82 Å². The number of hydrogen-bond acceptors (Lipinski definition) is 2. The average molecular weight is 324 g/mol. The summed E-state index contributed by atoms with van der Waals surface area (Å²) < 4.78 is 16.3. The average Bonchev–Trinajstić information content (AvgIpc) is 2.68. The molecule has 1 N–H and O–H groups in total. The summed E-state index contributed by atoms with van der Waals surface area (Å²) in [5, 5.41) is 0. The first-order valence-corrected chi connectivity index (χ1v) is 6.38. The van der Waals surface area contributed by atoms with Gasteiger partial charge in [0.15, 0.2) is 10.4 Å². The number of nitrogens with one attached hydrogen (secondary N) is 1. The van der Waals surface area contributed by atoms with Gasteiger partial charge < -0.3 is 4.98 Å². The van der Waals surface area contributed by atoms with Crippen molar-refractivity contribution >= 4 is 39.3 Å². The summed E-state index contributed by atoms with van der Waals surface area (Å²) in [5.41, 5.74) is 2.12. The molecular formula is C12H7BrFN3S. The second kappa shape index (κ2) is 4.29. The molecule has 3 aromatic rings. The predicted octanol–water partition coefficient (Wildman–Crippen LogP) is 3.98. The van der Waals surface area contributed by atoms with Gasteiger partial charge in [-0.25, -0.2) is 9.37 Å². The minimum Gasteiger partial charge on any atom is -0.329 e. The fourth-order valence-electron chi connectivity index (χ4n) is 1.82. The van der Waals surface area contributed by atoms with Crippen LogP contribution in [0.3, 0.4) is 0 Å². The number of pyridine rings is 1. The molecule has 0 bridgehead atoms. The Kier molecular flexibility index (Phi) is 2.76. The summed E-state index contributed by atoms with van der Waals surface area (Å²) in [6.07, 6.45) is 1.68. The normalized spacial score (nSPS) is 11.0. The van der Waals surface area contributed by atoms with Crippen LogP contribution in [0.2, 0.25) is 0 Å². The minimum absolute atomic E-state index is 0.319. The molecule has 0 spiro atoms. The molecule has 2 heterocycles. The van der Waals surface area contributed by atoms with Crippen LogP contribution in [0.1, 0.15) is 0 Å². The molecule has 0 radical (unpaired) electrons. The minimum atomic E-state index is -0.319. The fraction of sp³-hybridized carbons (Fsp3) is 0. The first kappa shape index (κ1) is 11.6. The number of nitrogens with zero attached hydrogens (tertiary/aromatic N) is 2. The molecule has 0 atom stereocenters. The lowest BCUT2D eigenvalue weighted by molar-refractivity contribution is 0.626. The topological polar surface area (TPSA) is 33.6 Å². The number of halogens is 2. The van der Waals surface area contributed by atoms with Gasteiger partial charge >= 0.3 is 0 Å². The molecule has 0 saturated heterocycles. The van der Waals surface area contributed by atoms with Crippen LogP contribution in [-0.4, -0.2) is 14.5 Å². The maximum atomic E-state index is 13.4. The third-order valence-electron chi connectivity index (χ3n) is 2.59. The lowest BCUT2D eigenvalue weighted by Gasteiger charge is -2.06. The summed E-state index contributed by atoms with van der Waals surface area (Å²) in [4.78, 5) is 7.32. The summed E-state index contributed by atoms with van der Waals surface area (Å²) in [5.74, 6) is -0.319. The van der Waals surface area contributed by atoms with E-state index in [9.17, 15) is 4.39 Å². The highest BCUT2D eigenvalue weighted by molar-refractivity contribution is 9.10. The van der Waals surface area contributed by atoms with E-state index in [4.69, 9.17) is 12.2 Å². The van der Waals surface area contributed by atoms with Gasteiger partial charge in [-0.2, -0.15) is 0 Å². The second-order valence-corrected chi connectivity index (χ2v) is 4.98. The third-order valence-corrected chi connectivity index (χ3v) is 3.55. The largest absolute Gasteiger partial charge is 0.329 e. The van der Waals surface area contributed by atoms with Crippen molar-refractivity contribution in [2.24, 2.45) is 0 Å². The molecule has 3 nitrogen and oxygen atoms in total. The molecule has 18 heavy (non-hydrogen) atoms. The highest BCUT2D eigenvalue weighted by Crippen LogP contribution is 2.25. The first-order chi connectivity index (χ1) is 8.66. The van der Waals surface area contributed by atoms with Gasteiger partial charge in [-0.3, -0.25) is 4.57 Å². The Morgan fingerprint density at radius 2 is 2.17 bits per heavy atom. The van der Waals surface area contributed by atoms with Crippen molar-refractivity contribution in [2.75, 3.05) is 0 Å². The molecule has 1 aromatic carbocycles. The smallest absolute Gasteiger partial charge is 0.184 e. The Bertz CT molecular complexity index is 793. The van der Waals surface area contributed by atoms with Crippen molar-refractivity contribution in [3.63, 3.8) is 0 Å². The quantitative estimate of drug-likeness (QED) is 0.687. The number of aromatic amines is 1. The number of benzene rings is 1. The molecule has 90 valence electrons. The van der Waals surface area contributed by atoms with E-state index in [2.05, 4.69) is 25.9 Å². The Balaban J connectivity index is 2.41. The maximum absolute atomic E-state index is 13.4. The Hall–Kier alpha value is -1.53. The van der Waals surface area contributed by atoms with E-state index < -0.39 is 0 Å². The Labute approximate surface area is 115 Å². The third kappa shape index (κ3) is 1.77. The van der Waals surface area contributed by atoms with Crippen molar-refractivity contribution in [1.29, 1.82) is 0 Å². The Morgan fingerprint density at radius 1 is 1.33 bits per heavy atom. The molecule has 0 fully saturated rings. The molecule has 0 saturated carbocycles. The molecule has 0 aliphatic heterocycles. The first-order valence-electron chi connectivity index (χ1n) is 5.18. The van der Waals surface area contributed by atoms with Crippen LogP contribution in [0.5, 0.6) is 0 Å². The van der Waals surface area contributed by atoms with Gasteiger partial charge in [0.2, 0.25) is 0 Å². The number of rotatable bonds is 1. The number of imidazole rings is 1. The van der Waals surface area contributed by atoms with Crippen LogP contribution in [0.4, 0.5) is 4.39 Å². The van der Waals surface area contributed by atoms with E-state index >= 15 is 0 Å². The molecule has 2 aromatic heterocycles. The van der Waals surface area contributed by atoms with E-state index in [1.807, 2.05) is 12.1 Å². The van der Waals surface area contributed by atoms with Crippen molar-refractivity contribution in [1.82, 2.24) is 14.5 Å². The van der Waals surface area contributed by atoms with Crippen LogP contribution >= 0.6 is 28.1 Å². The van der Waals surface area contributed by atoms with E-state index in [1.54, 1.807) is 16.8 Å². The standard InChI is InChI=1S/C12H7BrFN3S/c13-8-4-3-7(14)6-10(8)17-11-9(16-12(17)18)2-1-5-15-11/h1-6H,(H,16,18). The van der Waals surface area contributed by atoms with Gasteiger partial charge in [0, 0.05) is 10.7 Å². The molecular weight excluding hydrogens is 317 g/mol. The number of hydrogen-bond donors (Lipinski definition) is 1. The molecule has 0 aliphatic rings. The van der Waals surface area contributed by atoms with Gasteiger partial charge in [0.25, 0.3) is 0 Å². The predicted molar refractivity (Wildman–Crippen MR) is 73.9 cm³/mol. The number of fused-ring (bicyclic) bond motifs is 1. The zero-order chi connectivity index (χ0) is 12.7. The molecule has 6 heteroatoms. The van der Waals surface area contributed by atoms with E-state index in [1.165, 1.54) is 12.1 Å². The Morgan fingerprint density at radius 3 is 3.00 bits per heavy atom. The van der Waals surface area contributed by atoms with Crippen molar-refractivity contribution in [2.45, 2.75) is 0 Å². The van der Waals surface area contributed by atoms with Crippen LogP contribution in [0.15, 0.2) is 41.0 Å². The van der Waals surface area contributed by atoms with Gasteiger partial charge in [-0.05, 0) is 58.5 Å². The summed E-state index contributed by atoms with van der Waals surface area (Å²) in [6.45, 7) is 0. The highest BCUT2D eigenvalue weighted by Gasteiger charge is 2.10. The van der Waals surface area contributed by atoms with Gasteiger partial charge in [-0.1, -0.05) is 0 Å². The van der Waals surface area contributed by atoms with Crippen LogP contribution in [0, 0.1) is 10.6 Å². The summed E-state index contributed by atoms with van der Waals surface area (Å²) >= 11 is 8.66. The summed E-state index contributed by atoms with van der Waals surface area (Å²) in [6, 6.07) is 8.15. The maximum Gasteiger partial charge on any atom is 0.184 e. The number of H-pyrrole nitrogens is 1. The van der Waals surface area contributed by atoms with Crippen molar-refractivity contribution < 1.29 is 4.39 Å². The lowest BCUT2D eigenvalue weighted by atomic mass is 10.3. The van der Waals surface area contributed by atoms with Crippen LogP contribution < -0.4 is 0 Å². The van der Waals surface area contributed by atoms with E-state index in [-0.39, 0.29) is 5.82 Å². The summed E-state index contributed by atoms with van der Waals surface area (Å²) in [7, 11) is 0. The number of aromatic nitrogens is 3. The highest BCUT2D eigenvalue weighted by atomic mass is 79.9. The second-order valence-electron chi connectivity index (χ2n) is 3.74. The fourth-order valence-corrected chi connectivity index (χ4v) is 2.54. The van der Waals surface area contributed by atoms with Gasteiger partial charge in [-0.15, -0.1) is 0 Å². The van der Waals surface area contributed by atoms with Crippen LogP contribution in [0.25, 0.3) is 16.9 Å².